The Balaban J connectivity index is 2.00. The Kier molecular flexibility index (Phi) is 2.63. The number of carbonyl (C=O) groups is 1. The lowest BCUT2D eigenvalue weighted by Gasteiger charge is -2.15. The molecule has 0 N–H and O–H groups in total. The molecule has 0 bridgehead atoms. The van der Waals surface area contributed by atoms with Crippen LogP contribution in [0.25, 0.3) is 0 Å². The second-order valence-electron chi connectivity index (χ2n) is 4.24. The van der Waals surface area contributed by atoms with Gasteiger partial charge in [-0.05, 0) is 24.1 Å². The van der Waals surface area contributed by atoms with Crippen LogP contribution >= 0.6 is 11.3 Å². The molecule has 0 amide bonds. The molecule has 0 saturated heterocycles. The van der Waals surface area contributed by atoms with Crippen molar-refractivity contribution in [3.63, 3.8) is 0 Å². The average molecular weight is 262 g/mol. The summed E-state index contributed by atoms with van der Waals surface area (Å²) in [7, 11) is 0. The van der Waals surface area contributed by atoms with Crippen LogP contribution in [0.15, 0.2) is 24.4 Å². The van der Waals surface area contributed by atoms with E-state index in [1.165, 1.54) is 30.4 Å². The first-order valence-electron chi connectivity index (χ1n) is 5.68. The Labute approximate surface area is 108 Å². The summed E-state index contributed by atoms with van der Waals surface area (Å²) in [5.41, 5.74) is 1.98. The fraction of sp³-hybridized carbons (Fsp3) is 0.231. The first-order valence-corrected chi connectivity index (χ1v) is 6.49. The minimum Gasteiger partial charge on any atom is -0.317 e. The molecule has 0 atom stereocenters. The highest BCUT2D eigenvalue weighted by atomic mass is 32.1. The normalized spacial score (nSPS) is 13.8. The van der Waals surface area contributed by atoms with Gasteiger partial charge < -0.3 is 4.90 Å². The summed E-state index contributed by atoms with van der Waals surface area (Å²) in [4.78, 5) is 18.1. The number of nitrogens with zero attached hydrogens (tertiary/aromatic N) is 2. The zero-order valence-electron chi connectivity index (χ0n) is 9.81. The highest BCUT2D eigenvalue weighted by Gasteiger charge is 2.23. The second-order valence-corrected chi connectivity index (χ2v) is 5.25. The summed E-state index contributed by atoms with van der Waals surface area (Å²) in [5.74, 6) is -0.235. The SMILES string of the molecule is CC(=O)c1cnc(N2CCc3ccc(F)cc32)s1. The third-order valence-electron chi connectivity index (χ3n) is 3.01. The van der Waals surface area contributed by atoms with Gasteiger partial charge in [0.15, 0.2) is 10.9 Å². The number of ketones is 1. The van der Waals surface area contributed by atoms with Crippen LogP contribution in [0, 0.1) is 5.82 Å². The van der Waals surface area contributed by atoms with E-state index in [1.807, 2.05) is 11.0 Å². The molecule has 1 aromatic carbocycles. The van der Waals surface area contributed by atoms with Crippen LogP contribution in [0.2, 0.25) is 0 Å². The van der Waals surface area contributed by atoms with Gasteiger partial charge in [0.1, 0.15) is 5.82 Å². The number of hydrogen-bond donors (Lipinski definition) is 0. The van der Waals surface area contributed by atoms with Crippen molar-refractivity contribution < 1.29 is 9.18 Å². The van der Waals surface area contributed by atoms with E-state index < -0.39 is 0 Å². The van der Waals surface area contributed by atoms with Crippen molar-refractivity contribution in [1.29, 1.82) is 0 Å². The van der Waals surface area contributed by atoms with Gasteiger partial charge in [-0.2, -0.15) is 0 Å². The predicted octanol–water partition coefficient (Wildman–Crippen LogP) is 3.18. The Morgan fingerprint density at radius 2 is 2.33 bits per heavy atom. The Morgan fingerprint density at radius 1 is 1.50 bits per heavy atom. The highest BCUT2D eigenvalue weighted by Crippen LogP contribution is 2.36. The van der Waals surface area contributed by atoms with Gasteiger partial charge in [-0.3, -0.25) is 4.79 Å². The van der Waals surface area contributed by atoms with Crippen LogP contribution in [-0.2, 0) is 6.42 Å². The molecule has 0 saturated carbocycles. The second kappa shape index (κ2) is 4.17. The maximum atomic E-state index is 13.3. The zero-order valence-corrected chi connectivity index (χ0v) is 10.6. The molecule has 2 aromatic rings. The monoisotopic (exact) mass is 262 g/mol. The van der Waals surface area contributed by atoms with Crippen LogP contribution < -0.4 is 4.90 Å². The molecule has 0 aliphatic carbocycles. The Hall–Kier alpha value is -1.75. The highest BCUT2D eigenvalue weighted by molar-refractivity contribution is 7.17. The van der Waals surface area contributed by atoms with Crippen molar-refractivity contribution in [2.45, 2.75) is 13.3 Å². The Bertz CT molecular complexity index is 623. The van der Waals surface area contributed by atoms with Gasteiger partial charge in [-0.1, -0.05) is 17.4 Å². The van der Waals surface area contributed by atoms with Gasteiger partial charge >= 0.3 is 0 Å². The number of carbonyl (C=O) groups excluding carboxylic acids is 1. The lowest BCUT2D eigenvalue weighted by Crippen LogP contribution is -2.12. The summed E-state index contributed by atoms with van der Waals surface area (Å²) in [6, 6.07) is 4.81. The third-order valence-corrected chi connectivity index (χ3v) is 4.14. The molecule has 3 nitrogen and oxygen atoms in total. The number of Topliss-reactive ketones (excluding diaryl/α,β-unsaturated/α-hetero) is 1. The lowest BCUT2D eigenvalue weighted by atomic mass is 10.2. The molecule has 0 spiro atoms. The number of hydrogen-bond acceptors (Lipinski definition) is 4. The Morgan fingerprint density at radius 3 is 3.06 bits per heavy atom. The van der Waals surface area contributed by atoms with Crippen molar-refractivity contribution in [3.05, 3.63) is 40.7 Å². The van der Waals surface area contributed by atoms with Crippen LogP contribution in [0.1, 0.15) is 22.2 Å². The smallest absolute Gasteiger partial charge is 0.190 e. The molecular formula is C13H11FN2OS. The van der Waals surface area contributed by atoms with E-state index in [4.69, 9.17) is 0 Å². The summed E-state index contributed by atoms with van der Waals surface area (Å²) >= 11 is 1.35. The number of fused-ring (bicyclic) bond motifs is 1. The molecule has 3 rings (SSSR count). The third kappa shape index (κ3) is 1.80. The molecule has 0 radical (unpaired) electrons. The summed E-state index contributed by atoms with van der Waals surface area (Å²) in [6.45, 7) is 2.30. The maximum Gasteiger partial charge on any atom is 0.190 e. The molecule has 1 aliphatic rings. The molecule has 1 aliphatic heterocycles. The van der Waals surface area contributed by atoms with Gasteiger partial charge in [0.25, 0.3) is 0 Å². The first-order chi connectivity index (χ1) is 8.65. The van der Waals surface area contributed by atoms with E-state index in [-0.39, 0.29) is 11.6 Å². The van der Waals surface area contributed by atoms with Gasteiger partial charge in [-0.15, -0.1) is 0 Å². The average Bonchev–Trinajstić information content (AvgIpc) is 2.93. The quantitative estimate of drug-likeness (QED) is 0.779. The summed E-state index contributed by atoms with van der Waals surface area (Å²) in [6.07, 6.45) is 2.46. The van der Waals surface area contributed by atoms with Crippen LogP contribution in [-0.4, -0.2) is 17.3 Å². The van der Waals surface area contributed by atoms with Gasteiger partial charge in [0.2, 0.25) is 0 Å². The van der Waals surface area contributed by atoms with Crippen LogP contribution in [0.3, 0.4) is 0 Å². The fourth-order valence-electron chi connectivity index (χ4n) is 2.10. The number of aromatic nitrogens is 1. The fourth-order valence-corrected chi connectivity index (χ4v) is 2.95. The standard InChI is InChI=1S/C13H11FN2OS/c1-8(17)12-7-15-13(18-12)16-5-4-9-2-3-10(14)6-11(9)16/h2-3,6-7H,4-5H2,1H3. The largest absolute Gasteiger partial charge is 0.317 e. The molecule has 2 heterocycles. The van der Waals surface area contributed by atoms with Crippen LogP contribution in [0.4, 0.5) is 15.2 Å². The van der Waals surface area contributed by atoms with E-state index in [2.05, 4.69) is 4.98 Å². The van der Waals surface area contributed by atoms with Crippen molar-refractivity contribution in [2.75, 3.05) is 11.4 Å². The molecular weight excluding hydrogens is 251 g/mol. The lowest BCUT2D eigenvalue weighted by molar-refractivity contribution is 0.102. The molecule has 0 unspecified atom stereocenters. The molecule has 18 heavy (non-hydrogen) atoms. The number of halogens is 1. The number of thiazole rings is 1. The van der Waals surface area contributed by atoms with Crippen LogP contribution in [0.5, 0.6) is 0 Å². The van der Waals surface area contributed by atoms with Crippen molar-refractivity contribution >= 4 is 27.9 Å². The minimum atomic E-state index is -0.246. The topological polar surface area (TPSA) is 33.2 Å². The molecule has 5 heteroatoms. The van der Waals surface area contributed by atoms with E-state index in [9.17, 15) is 9.18 Å². The van der Waals surface area contributed by atoms with E-state index in [0.717, 1.165) is 29.3 Å². The zero-order chi connectivity index (χ0) is 12.7. The van der Waals surface area contributed by atoms with Gasteiger partial charge in [0, 0.05) is 19.2 Å². The van der Waals surface area contributed by atoms with E-state index >= 15 is 0 Å². The van der Waals surface area contributed by atoms with Crippen molar-refractivity contribution in [2.24, 2.45) is 0 Å². The van der Waals surface area contributed by atoms with E-state index in [1.54, 1.807) is 6.20 Å². The van der Waals surface area contributed by atoms with E-state index in [0.29, 0.717) is 4.88 Å². The summed E-state index contributed by atoms with van der Waals surface area (Å²) < 4.78 is 13.3. The minimum absolute atomic E-state index is 0.0115. The van der Waals surface area contributed by atoms with Crippen molar-refractivity contribution in [3.8, 4) is 0 Å². The number of anilines is 2. The van der Waals surface area contributed by atoms with Crippen molar-refractivity contribution in [1.82, 2.24) is 4.98 Å². The first kappa shape index (κ1) is 11.3. The number of benzene rings is 1. The molecule has 0 fully saturated rings. The molecule has 1 aromatic heterocycles. The number of rotatable bonds is 2. The van der Waals surface area contributed by atoms with Gasteiger partial charge in [0.05, 0.1) is 11.1 Å². The molecule has 92 valence electrons. The van der Waals surface area contributed by atoms with Gasteiger partial charge in [-0.25, -0.2) is 9.37 Å². The maximum absolute atomic E-state index is 13.3. The summed E-state index contributed by atoms with van der Waals surface area (Å²) in [5, 5.41) is 0.754. The predicted molar refractivity (Wildman–Crippen MR) is 69.2 cm³/mol.